The maximum absolute atomic E-state index is 11.3. The van der Waals surface area contributed by atoms with E-state index in [1.54, 1.807) is 18.5 Å². The number of imidazole rings is 1. The molecule has 0 saturated heterocycles. The van der Waals surface area contributed by atoms with Gasteiger partial charge in [-0.05, 0) is 17.7 Å². The second kappa shape index (κ2) is 6.51. The Balaban J connectivity index is 0.00000192. The largest absolute Gasteiger partial charge is 0.450 e. The molecule has 3 rings (SSSR count). The number of nitrogens with zero attached hydrogens (tertiary/aromatic N) is 2. The lowest BCUT2D eigenvalue weighted by Gasteiger charge is -2.07. The highest BCUT2D eigenvalue weighted by molar-refractivity contribution is 6.45. The van der Waals surface area contributed by atoms with Gasteiger partial charge in [-0.2, -0.15) is 0 Å². The molecule has 0 bridgehead atoms. The lowest BCUT2D eigenvalue weighted by atomic mass is 9.88. The standard InChI is InChI=1S/C15H14BN4O2.H2O/c17-13-11(15(18)21)5-6-12-14(13)19-8-20(12)7-9-1-3-10(16-22)4-2-9;/h1-6,8,22H,7,17H2,(H2,18,21);1H2. The van der Waals surface area contributed by atoms with E-state index < -0.39 is 5.91 Å². The van der Waals surface area contributed by atoms with E-state index in [1.807, 2.05) is 28.8 Å². The predicted octanol–water partition coefficient (Wildman–Crippen LogP) is -0.822. The molecule has 0 fully saturated rings. The van der Waals surface area contributed by atoms with Gasteiger partial charge in [-0.15, -0.1) is 0 Å². The van der Waals surface area contributed by atoms with Crippen molar-refractivity contribution < 1.29 is 15.3 Å². The predicted molar refractivity (Wildman–Crippen MR) is 89.4 cm³/mol. The maximum Gasteiger partial charge on any atom is 0.326 e. The van der Waals surface area contributed by atoms with Gasteiger partial charge in [0.25, 0.3) is 5.91 Å². The lowest BCUT2D eigenvalue weighted by molar-refractivity contribution is 0.100. The summed E-state index contributed by atoms with van der Waals surface area (Å²) in [6, 6.07) is 10.9. The van der Waals surface area contributed by atoms with Crippen LogP contribution in [0.3, 0.4) is 0 Å². The second-order valence-electron chi connectivity index (χ2n) is 5.00. The van der Waals surface area contributed by atoms with E-state index >= 15 is 0 Å². The number of hydrogen-bond acceptors (Lipinski definition) is 4. The van der Waals surface area contributed by atoms with Crippen molar-refractivity contribution in [1.82, 2.24) is 9.55 Å². The summed E-state index contributed by atoms with van der Waals surface area (Å²) in [7, 11) is 1.06. The van der Waals surface area contributed by atoms with Crippen molar-refractivity contribution in [2.24, 2.45) is 5.73 Å². The van der Waals surface area contributed by atoms with Crippen molar-refractivity contribution in [2.75, 3.05) is 5.73 Å². The van der Waals surface area contributed by atoms with Crippen LogP contribution in [0, 0.1) is 0 Å². The Morgan fingerprint density at radius 1 is 1.22 bits per heavy atom. The Kier molecular flexibility index (Phi) is 4.68. The number of amides is 1. The first-order valence-electron chi connectivity index (χ1n) is 6.69. The summed E-state index contributed by atoms with van der Waals surface area (Å²) in [5, 5.41) is 8.94. The van der Waals surface area contributed by atoms with Crippen LogP contribution in [0.1, 0.15) is 15.9 Å². The minimum Gasteiger partial charge on any atom is -0.450 e. The van der Waals surface area contributed by atoms with Crippen LogP contribution in [-0.2, 0) is 6.54 Å². The zero-order valence-electron chi connectivity index (χ0n) is 12.2. The van der Waals surface area contributed by atoms with Crippen molar-refractivity contribution >= 4 is 35.6 Å². The average molecular weight is 311 g/mol. The SMILES string of the molecule is NC(=O)c1ccc2c(ncn2Cc2ccc([B]O)cc2)c1N.O. The number of nitrogens with two attached hydrogens (primary N) is 2. The minimum absolute atomic E-state index is 0. The van der Waals surface area contributed by atoms with Crippen LogP contribution in [0.25, 0.3) is 11.0 Å². The van der Waals surface area contributed by atoms with Crippen molar-refractivity contribution in [2.45, 2.75) is 6.54 Å². The molecular formula is C15H16BN4O3. The molecule has 117 valence electrons. The van der Waals surface area contributed by atoms with Crippen LogP contribution < -0.4 is 16.9 Å². The zero-order chi connectivity index (χ0) is 15.7. The minimum atomic E-state index is -0.565. The first-order valence-corrected chi connectivity index (χ1v) is 6.69. The summed E-state index contributed by atoms with van der Waals surface area (Å²) in [6.07, 6.45) is 1.68. The number of hydrogen-bond donors (Lipinski definition) is 3. The lowest BCUT2D eigenvalue weighted by Crippen LogP contribution is -2.14. The maximum atomic E-state index is 11.3. The second-order valence-corrected chi connectivity index (χ2v) is 5.00. The summed E-state index contributed by atoms with van der Waals surface area (Å²) < 4.78 is 1.94. The normalized spacial score (nSPS) is 10.3. The van der Waals surface area contributed by atoms with Crippen LogP contribution in [-0.4, -0.2) is 33.4 Å². The van der Waals surface area contributed by atoms with Crippen LogP contribution in [0.2, 0.25) is 0 Å². The van der Waals surface area contributed by atoms with E-state index in [2.05, 4.69) is 4.98 Å². The van der Waals surface area contributed by atoms with Gasteiger partial charge in [-0.25, -0.2) is 4.98 Å². The molecule has 1 heterocycles. The van der Waals surface area contributed by atoms with Gasteiger partial charge in [0.05, 0.1) is 23.1 Å². The molecule has 0 aliphatic carbocycles. The van der Waals surface area contributed by atoms with Gasteiger partial charge in [-0.3, -0.25) is 4.79 Å². The summed E-state index contributed by atoms with van der Waals surface area (Å²) in [5.41, 5.74) is 15.0. The average Bonchev–Trinajstić information content (AvgIpc) is 2.92. The molecule has 2 aromatic carbocycles. The fourth-order valence-electron chi connectivity index (χ4n) is 2.40. The number of nitrogen functional groups attached to an aromatic ring is 1. The van der Waals surface area contributed by atoms with E-state index in [1.165, 1.54) is 0 Å². The van der Waals surface area contributed by atoms with E-state index in [9.17, 15) is 4.79 Å². The Bertz CT molecular complexity index is 846. The van der Waals surface area contributed by atoms with Gasteiger partial charge in [0.1, 0.15) is 5.52 Å². The Morgan fingerprint density at radius 2 is 1.91 bits per heavy atom. The number of benzene rings is 2. The number of carbonyl (C=O) groups excluding carboxylic acids is 1. The molecule has 7 N–H and O–H groups in total. The van der Waals surface area contributed by atoms with Gasteiger partial charge in [0.15, 0.2) is 0 Å². The fourth-order valence-corrected chi connectivity index (χ4v) is 2.40. The zero-order valence-corrected chi connectivity index (χ0v) is 12.2. The molecule has 8 heteroatoms. The summed E-state index contributed by atoms with van der Waals surface area (Å²) in [4.78, 5) is 15.6. The number of aromatic nitrogens is 2. The van der Waals surface area contributed by atoms with Gasteiger partial charge in [-0.1, -0.05) is 29.7 Å². The van der Waals surface area contributed by atoms with Crippen molar-refractivity contribution in [3.8, 4) is 0 Å². The molecule has 0 aliphatic rings. The first kappa shape index (κ1) is 16.5. The molecule has 0 atom stereocenters. The third kappa shape index (κ3) is 3.03. The molecule has 1 aromatic heterocycles. The van der Waals surface area contributed by atoms with E-state index in [0.29, 0.717) is 17.7 Å². The molecule has 0 aliphatic heterocycles. The topological polar surface area (TPSA) is 139 Å². The molecule has 7 nitrogen and oxygen atoms in total. The fraction of sp³-hybridized carbons (Fsp3) is 0.0667. The highest BCUT2D eigenvalue weighted by Gasteiger charge is 2.13. The molecule has 23 heavy (non-hydrogen) atoms. The third-order valence-electron chi connectivity index (χ3n) is 3.58. The summed E-state index contributed by atoms with van der Waals surface area (Å²) in [6.45, 7) is 0.609. The van der Waals surface area contributed by atoms with Gasteiger partial charge in [0, 0.05) is 6.54 Å². The van der Waals surface area contributed by atoms with Crippen LogP contribution >= 0.6 is 0 Å². The van der Waals surface area contributed by atoms with E-state index in [-0.39, 0.29) is 11.0 Å². The Labute approximate surface area is 133 Å². The first-order chi connectivity index (χ1) is 10.6. The third-order valence-corrected chi connectivity index (χ3v) is 3.58. The molecule has 0 unspecified atom stereocenters. The molecule has 3 aromatic rings. The number of rotatable bonds is 4. The monoisotopic (exact) mass is 311 g/mol. The number of anilines is 1. The molecule has 0 saturated carbocycles. The smallest absolute Gasteiger partial charge is 0.326 e. The highest BCUT2D eigenvalue weighted by Crippen LogP contribution is 2.24. The van der Waals surface area contributed by atoms with Gasteiger partial charge in [0.2, 0.25) is 0 Å². The van der Waals surface area contributed by atoms with E-state index in [0.717, 1.165) is 24.0 Å². The quantitative estimate of drug-likeness (QED) is 0.428. The number of carbonyl (C=O) groups is 1. The Morgan fingerprint density at radius 3 is 2.52 bits per heavy atom. The summed E-state index contributed by atoms with van der Waals surface area (Å²) >= 11 is 0. The molecule has 1 radical (unpaired) electrons. The van der Waals surface area contributed by atoms with Crippen LogP contribution in [0.15, 0.2) is 42.7 Å². The van der Waals surface area contributed by atoms with Crippen LogP contribution in [0.4, 0.5) is 5.69 Å². The summed E-state index contributed by atoms with van der Waals surface area (Å²) in [5.74, 6) is -0.565. The van der Waals surface area contributed by atoms with E-state index in [4.69, 9.17) is 16.5 Å². The van der Waals surface area contributed by atoms with Gasteiger partial charge < -0.3 is 26.5 Å². The highest BCUT2D eigenvalue weighted by atomic mass is 16.2. The van der Waals surface area contributed by atoms with Gasteiger partial charge >= 0.3 is 7.48 Å². The molecule has 1 amide bonds. The number of fused-ring (bicyclic) bond motifs is 1. The Hall–Kier alpha value is -2.84. The van der Waals surface area contributed by atoms with Crippen molar-refractivity contribution in [3.63, 3.8) is 0 Å². The van der Waals surface area contributed by atoms with Crippen molar-refractivity contribution in [3.05, 3.63) is 53.9 Å². The molecule has 0 spiro atoms. The van der Waals surface area contributed by atoms with Crippen LogP contribution in [0.5, 0.6) is 0 Å². The number of primary amides is 1. The van der Waals surface area contributed by atoms with Crippen molar-refractivity contribution in [1.29, 1.82) is 0 Å². The molecular weight excluding hydrogens is 295 g/mol.